The summed E-state index contributed by atoms with van der Waals surface area (Å²) in [7, 11) is 0. The van der Waals surface area contributed by atoms with Crippen LogP contribution in [0.3, 0.4) is 0 Å². The van der Waals surface area contributed by atoms with E-state index in [9.17, 15) is 9.59 Å². The highest BCUT2D eigenvalue weighted by Gasteiger charge is 2.13. The largest absolute Gasteiger partial charge is 0.461 e. The normalized spacial score (nSPS) is 12.3. The zero-order chi connectivity index (χ0) is 14.7. The van der Waals surface area contributed by atoms with Crippen LogP contribution in [0.15, 0.2) is 28.9 Å². The average molecular weight is 338 g/mol. The first-order chi connectivity index (χ1) is 9.55. The van der Waals surface area contributed by atoms with E-state index < -0.39 is 0 Å². The van der Waals surface area contributed by atoms with Crippen molar-refractivity contribution in [2.75, 3.05) is 0 Å². The number of carbonyl (C=O) groups is 2. The van der Waals surface area contributed by atoms with Crippen LogP contribution in [0.25, 0.3) is 10.9 Å². The number of aromatic nitrogens is 1. The molecule has 0 spiro atoms. The molecule has 0 aliphatic rings. The molecule has 1 aromatic heterocycles. The van der Waals surface area contributed by atoms with Crippen molar-refractivity contribution in [3.8, 4) is 0 Å². The van der Waals surface area contributed by atoms with Crippen LogP contribution in [0.5, 0.6) is 0 Å². The molecule has 1 atom stereocenters. The molecule has 1 aromatic carbocycles. The minimum absolute atomic E-state index is 0.0935. The Morgan fingerprint density at radius 3 is 2.90 bits per heavy atom. The third kappa shape index (κ3) is 3.10. The highest BCUT2D eigenvalue weighted by Crippen LogP contribution is 2.24. The second-order valence-electron chi connectivity index (χ2n) is 4.70. The summed E-state index contributed by atoms with van der Waals surface area (Å²) in [4.78, 5) is 23.0. The monoisotopic (exact) mass is 337 g/mol. The molecule has 4 nitrogen and oxygen atoms in total. The molecule has 2 aromatic rings. The predicted octanol–water partition coefficient (Wildman–Crippen LogP) is 3.56. The van der Waals surface area contributed by atoms with Crippen molar-refractivity contribution in [3.05, 3.63) is 34.4 Å². The lowest BCUT2D eigenvalue weighted by Gasteiger charge is -2.11. The smallest absolute Gasteiger partial charge is 0.326 e. The SMILES string of the molecule is CCC(C)OC(=O)Cn1cc(C=O)c2cc(Br)ccc21. The van der Waals surface area contributed by atoms with Crippen molar-refractivity contribution in [2.45, 2.75) is 32.9 Å². The second-order valence-corrected chi connectivity index (χ2v) is 5.62. The quantitative estimate of drug-likeness (QED) is 0.619. The van der Waals surface area contributed by atoms with Crippen LogP contribution in [0.1, 0.15) is 30.6 Å². The molecule has 0 saturated carbocycles. The lowest BCUT2D eigenvalue weighted by Crippen LogP contribution is -2.18. The number of ether oxygens (including phenoxy) is 1. The summed E-state index contributed by atoms with van der Waals surface area (Å²) >= 11 is 3.38. The molecule has 0 aliphatic heterocycles. The summed E-state index contributed by atoms with van der Waals surface area (Å²) in [6.45, 7) is 3.93. The third-order valence-electron chi connectivity index (χ3n) is 3.21. The molecule has 5 heteroatoms. The lowest BCUT2D eigenvalue weighted by atomic mass is 10.2. The van der Waals surface area contributed by atoms with E-state index in [0.29, 0.717) is 5.56 Å². The number of benzene rings is 1. The topological polar surface area (TPSA) is 48.3 Å². The summed E-state index contributed by atoms with van der Waals surface area (Å²) in [5, 5.41) is 0.825. The van der Waals surface area contributed by atoms with Gasteiger partial charge < -0.3 is 9.30 Å². The first-order valence-electron chi connectivity index (χ1n) is 6.48. The number of halogens is 1. The van der Waals surface area contributed by atoms with Gasteiger partial charge in [0.1, 0.15) is 6.54 Å². The molecule has 20 heavy (non-hydrogen) atoms. The van der Waals surface area contributed by atoms with Crippen LogP contribution in [-0.4, -0.2) is 22.9 Å². The Balaban J connectivity index is 2.31. The highest BCUT2D eigenvalue weighted by atomic mass is 79.9. The first-order valence-corrected chi connectivity index (χ1v) is 7.27. The van der Waals surface area contributed by atoms with Gasteiger partial charge in [-0.15, -0.1) is 0 Å². The number of carbonyl (C=O) groups excluding carboxylic acids is 2. The number of hydrogen-bond acceptors (Lipinski definition) is 3. The summed E-state index contributed by atoms with van der Waals surface area (Å²) in [5.41, 5.74) is 1.41. The lowest BCUT2D eigenvalue weighted by molar-refractivity contribution is -0.148. The minimum atomic E-state index is -0.295. The molecule has 0 aliphatic carbocycles. The van der Waals surface area contributed by atoms with Gasteiger partial charge in [0.05, 0.1) is 6.10 Å². The van der Waals surface area contributed by atoms with Crippen molar-refractivity contribution in [1.29, 1.82) is 0 Å². The van der Waals surface area contributed by atoms with Crippen molar-refractivity contribution >= 4 is 39.1 Å². The van der Waals surface area contributed by atoms with Gasteiger partial charge in [0.25, 0.3) is 0 Å². The fraction of sp³-hybridized carbons (Fsp3) is 0.333. The third-order valence-corrected chi connectivity index (χ3v) is 3.70. The molecule has 0 radical (unpaired) electrons. The molecular formula is C15H16BrNO3. The molecule has 0 saturated heterocycles. The molecule has 0 amide bonds. The number of fused-ring (bicyclic) bond motifs is 1. The maximum Gasteiger partial charge on any atom is 0.326 e. The van der Waals surface area contributed by atoms with Crippen LogP contribution < -0.4 is 0 Å². The van der Waals surface area contributed by atoms with Crippen LogP contribution >= 0.6 is 15.9 Å². The zero-order valence-electron chi connectivity index (χ0n) is 11.4. The molecular weight excluding hydrogens is 322 g/mol. The fourth-order valence-electron chi connectivity index (χ4n) is 2.01. The first kappa shape index (κ1) is 14.8. The molecule has 106 valence electrons. The van der Waals surface area contributed by atoms with E-state index in [1.54, 1.807) is 10.8 Å². The molecule has 0 fully saturated rings. The predicted molar refractivity (Wildman–Crippen MR) is 80.9 cm³/mol. The Kier molecular flexibility index (Phi) is 4.60. The molecule has 2 rings (SSSR count). The second kappa shape index (κ2) is 6.22. The average Bonchev–Trinajstić information content (AvgIpc) is 2.75. The molecule has 1 unspecified atom stereocenters. The van der Waals surface area contributed by atoms with E-state index in [2.05, 4.69) is 15.9 Å². The van der Waals surface area contributed by atoms with Crippen LogP contribution in [0, 0.1) is 0 Å². The van der Waals surface area contributed by atoms with Crippen molar-refractivity contribution in [1.82, 2.24) is 4.57 Å². The van der Waals surface area contributed by atoms with Crippen LogP contribution in [0.2, 0.25) is 0 Å². The minimum Gasteiger partial charge on any atom is -0.461 e. The van der Waals surface area contributed by atoms with Gasteiger partial charge in [0, 0.05) is 27.1 Å². The van der Waals surface area contributed by atoms with E-state index in [1.807, 2.05) is 32.0 Å². The Hall–Kier alpha value is -1.62. The maximum absolute atomic E-state index is 11.8. The number of esters is 1. The molecule has 0 bridgehead atoms. The number of rotatable bonds is 5. The summed E-state index contributed by atoms with van der Waals surface area (Å²) < 4.78 is 7.90. The number of hydrogen-bond donors (Lipinski definition) is 0. The molecule has 0 N–H and O–H groups in total. The van der Waals surface area contributed by atoms with Gasteiger partial charge in [-0.2, -0.15) is 0 Å². The van der Waals surface area contributed by atoms with Crippen LogP contribution in [0.4, 0.5) is 0 Å². The number of nitrogens with zero attached hydrogens (tertiary/aromatic N) is 1. The van der Waals surface area contributed by atoms with E-state index >= 15 is 0 Å². The standard InChI is InChI=1S/C15H16BrNO3/c1-3-10(2)20-15(19)8-17-7-11(9-18)13-6-12(16)4-5-14(13)17/h4-7,9-10H,3,8H2,1-2H3. The van der Waals surface area contributed by atoms with E-state index in [1.165, 1.54) is 0 Å². The van der Waals surface area contributed by atoms with Crippen molar-refractivity contribution in [2.24, 2.45) is 0 Å². The summed E-state index contributed by atoms with van der Waals surface area (Å²) in [5.74, 6) is -0.295. The van der Waals surface area contributed by atoms with Gasteiger partial charge >= 0.3 is 5.97 Å². The fourth-order valence-corrected chi connectivity index (χ4v) is 2.37. The summed E-state index contributed by atoms with van der Waals surface area (Å²) in [6.07, 6.45) is 3.17. The molecule has 1 heterocycles. The van der Waals surface area contributed by atoms with Crippen molar-refractivity contribution in [3.63, 3.8) is 0 Å². The van der Waals surface area contributed by atoms with Crippen molar-refractivity contribution < 1.29 is 14.3 Å². The van der Waals surface area contributed by atoms with E-state index in [4.69, 9.17) is 4.74 Å². The Morgan fingerprint density at radius 2 is 2.25 bits per heavy atom. The van der Waals surface area contributed by atoms with Crippen LogP contribution in [-0.2, 0) is 16.1 Å². The van der Waals surface area contributed by atoms with Gasteiger partial charge in [-0.05, 0) is 31.5 Å². The van der Waals surface area contributed by atoms with E-state index in [0.717, 1.165) is 28.1 Å². The summed E-state index contributed by atoms with van der Waals surface area (Å²) in [6, 6.07) is 5.63. The maximum atomic E-state index is 11.8. The van der Waals surface area contributed by atoms with Gasteiger partial charge in [-0.25, -0.2) is 0 Å². The van der Waals surface area contributed by atoms with Gasteiger partial charge in [0.2, 0.25) is 0 Å². The Labute approximate surface area is 125 Å². The Morgan fingerprint density at radius 1 is 1.50 bits per heavy atom. The van der Waals surface area contributed by atoms with E-state index in [-0.39, 0.29) is 18.6 Å². The number of aldehydes is 1. The zero-order valence-corrected chi connectivity index (χ0v) is 13.0. The highest BCUT2D eigenvalue weighted by molar-refractivity contribution is 9.10. The van der Waals surface area contributed by atoms with Gasteiger partial charge in [-0.1, -0.05) is 22.9 Å². The van der Waals surface area contributed by atoms with Gasteiger partial charge in [0.15, 0.2) is 6.29 Å². The van der Waals surface area contributed by atoms with Gasteiger partial charge in [-0.3, -0.25) is 9.59 Å². The Bertz CT molecular complexity index is 648.